The van der Waals surface area contributed by atoms with Gasteiger partial charge in [-0.25, -0.2) is 0 Å². The van der Waals surface area contributed by atoms with E-state index >= 15 is 0 Å². The Kier molecular flexibility index (Phi) is 5.33. The van der Waals surface area contributed by atoms with Crippen molar-refractivity contribution in [3.8, 4) is 11.5 Å². The molecule has 2 aromatic carbocycles. The van der Waals surface area contributed by atoms with Crippen LogP contribution in [0.3, 0.4) is 0 Å². The van der Waals surface area contributed by atoms with Crippen LogP contribution in [0.2, 0.25) is 0 Å². The topological polar surface area (TPSA) is 52.6 Å². The fourth-order valence-electron chi connectivity index (χ4n) is 1.63. The Morgan fingerprint density at radius 1 is 0.880 bits per heavy atom. The van der Waals surface area contributed by atoms with Crippen LogP contribution in [-0.2, 0) is 10.1 Å². The molecule has 0 fully saturated rings. The lowest BCUT2D eigenvalue weighted by atomic mass is 10.2. The highest BCUT2D eigenvalue weighted by atomic mass is 79.9. The van der Waals surface area contributed by atoms with Gasteiger partial charge in [-0.15, -0.1) is 0 Å². The zero-order valence-corrected chi connectivity index (χ0v) is 15.0. The first-order valence-electron chi connectivity index (χ1n) is 6.65. The Hall–Kier alpha value is -1.81. The second-order valence-corrected chi connectivity index (χ2v) is 7.44. The predicted molar refractivity (Wildman–Crippen MR) is 85.4 cm³/mol. The first-order valence-corrected chi connectivity index (χ1v) is 8.86. The van der Waals surface area contributed by atoms with Crippen molar-refractivity contribution in [1.82, 2.24) is 0 Å². The maximum absolute atomic E-state index is 13.9. The fourth-order valence-corrected chi connectivity index (χ4v) is 2.69. The van der Waals surface area contributed by atoms with Gasteiger partial charge in [0.15, 0.2) is 0 Å². The molecule has 0 aliphatic rings. The molecule has 2 rings (SSSR count). The van der Waals surface area contributed by atoms with E-state index in [1.807, 2.05) is 0 Å². The summed E-state index contributed by atoms with van der Waals surface area (Å²) in [7, 11) is -6.03. The van der Waals surface area contributed by atoms with Gasteiger partial charge in [-0.05, 0) is 43.3 Å². The SMILES string of the molecule is Cc1ccc(OS(=O)(=O)C(F)(F)C(F)(F)Oc2ccc(Br)cc2)cc1. The van der Waals surface area contributed by atoms with Gasteiger partial charge in [-0.3, -0.25) is 0 Å². The molecule has 0 aromatic heterocycles. The normalized spacial score (nSPS) is 12.7. The highest BCUT2D eigenvalue weighted by molar-refractivity contribution is 9.10. The molecule has 2 aromatic rings. The molecule has 0 aliphatic carbocycles. The van der Waals surface area contributed by atoms with Crippen LogP contribution in [-0.4, -0.2) is 19.8 Å². The average molecular weight is 443 g/mol. The van der Waals surface area contributed by atoms with E-state index in [4.69, 9.17) is 0 Å². The smallest absolute Gasteiger partial charge is 0.427 e. The van der Waals surface area contributed by atoms with Gasteiger partial charge in [-0.2, -0.15) is 26.0 Å². The van der Waals surface area contributed by atoms with Crippen molar-refractivity contribution in [3.05, 3.63) is 58.6 Å². The molecule has 0 aliphatic heterocycles. The summed E-state index contributed by atoms with van der Waals surface area (Å²) in [4.78, 5) is 0. The van der Waals surface area contributed by atoms with Crippen LogP contribution in [0, 0.1) is 6.92 Å². The van der Waals surface area contributed by atoms with Crippen molar-refractivity contribution in [2.75, 3.05) is 0 Å². The predicted octanol–water partition coefficient (Wildman–Crippen LogP) is 4.73. The lowest BCUT2D eigenvalue weighted by Crippen LogP contribution is -2.52. The molecule has 0 N–H and O–H groups in total. The lowest BCUT2D eigenvalue weighted by Gasteiger charge is -2.25. The van der Waals surface area contributed by atoms with E-state index in [0.717, 1.165) is 24.3 Å². The van der Waals surface area contributed by atoms with Gasteiger partial charge >= 0.3 is 21.5 Å². The third-order valence-electron chi connectivity index (χ3n) is 2.94. The molecule has 0 atom stereocenters. The molecular weight excluding hydrogens is 432 g/mol. The first-order chi connectivity index (χ1) is 11.4. The van der Waals surface area contributed by atoms with Crippen LogP contribution in [0.1, 0.15) is 5.56 Å². The number of benzene rings is 2. The number of hydrogen-bond donors (Lipinski definition) is 0. The van der Waals surface area contributed by atoms with Crippen molar-refractivity contribution in [3.63, 3.8) is 0 Å². The van der Waals surface area contributed by atoms with E-state index < -0.39 is 33.0 Å². The fraction of sp³-hybridized carbons (Fsp3) is 0.200. The summed E-state index contributed by atoms with van der Waals surface area (Å²) in [5.74, 6) is -1.16. The number of aryl methyl sites for hydroxylation is 1. The Morgan fingerprint density at radius 2 is 1.36 bits per heavy atom. The van der Waals surface area contributed by atoms with Gasteiger partial charge < -0.3 is 8.92 Å². The van der Waals surface area contributed by atoms with E-state index in [2.05, 4.69) is 24.8 Å². The van der Waals surface area contributed by atoms with Gasteiger partial charge in [0.1, 0.15) is 11.5 Å². The van der Waals surface area contributed by atoms with E-state index in [9.17, 15) is 26.0 Å². The number of alkyl halides is 4. The molecule has 0 saturated heterocycles. The van der Waals surface area contributed by atoms with E-state index in [1.165, 1.54) is 24.3 Å². The van der Waals surface area contributed by atoms with Gasteiger partial charge in [-0.1, -0.05) is 33.6 Å². The molecule has 10 heteroatoms. The highest BCUT2D eigenvalue weighted by Crippen LogP contribution is 2.41. The van der Waals surface area contributed by atoms with Crippen LogP contribution in [0.4, 0.5) is 17.6 Å². The number of halogens is 5. The molecule has 0 radical (unpaired) electrons. The number of rotatable bonds is 6. The van der Waals surface area contributed by atoms with E-state index in [0.29, 0.717) is 10.0 Å². The Labute approximate surface area is 149 Å². The van der Waals surface area contributed by atoms with Gasteiger partial charge in [0, 0.05) is 4.47 Å². The highest BCUT2D eigenvalue weighted by Gasteiger charge is 2.70. The maximum atomic E-state index is 13.9. The monoisotopic (exact) mass is 442 g/mol. The van der Waals surface area contributed by atoms with Crippen molar-refractivity contribution in [2.45, 2.75) is 18.3 Å². The first kappa shape index (κ1) is 19.5. The molecule has 0 heterocycles. The van der Waals surface area contributed by atoms with Crippen LogP contribution < -0.4 is 8.92 Å². The Balaban J connectivity index is 2.26. The summed E-state index contributed by atoms with van der Waals surface area (Å²) in [5, 5.41) is -5.63. The van der Waals surface area contributed by atoms with Gasteiger partial charge in [0.25, 0.3) is 0 Å². The minimum absolute atomic E-state index is 0.491. The quantitative estimate of drug-likeness (QED) is 0.479. The summed E-state index contributed by atoms with van der Waals surface area (Å²) >= 11 is 3.03. The largest absolute Gasteiger partial charge is 0.484 e. The van der Waals surface area contributed by atoms with Gasteiger partial charge in [0.2, 0.25) is 0 Å². The van der Waals surface area contributed by atoms with Gasteiger partial charge in [0.05, 0.1) is 0 Å². The lowest BCUT2D eigenvalue weighted by molar-refractivity contribution is -0.274. The summed E-state index contributed by atoms with van der Waals surface area (Å²) < 4.78 is 87.3. The Morgan fingerprint density at radius 3 is 1.88 bits per heavy atom. The molecule has 4 nitrogen and oxygen atoms in total. The molecule has 25 heavy (non-hydrogen) atoms. The maximum Gasteiger partial charge on any atom is 0.484 e. The second kappa shape index (κ2) is 6.83. The third kappa shape index (κ3) is 4.24. The standard InChI is InChI=1S/C15H11BrF4O4S/c1-10-2-6-13(7-3-10)24-25(21,22)15(19,20)14(17,18)23-12-8-4-11(16)5-9-12/h2-9H,1H3. The zero-order chi connectivity index (χ0) is 18.9. The molecule has 0 spiro atoms. The molecule has 0 saturated carbocycles. The van der Waals surface area contributed by atoms with E-state index in [1.54, 1.807) is 6.92 Å². The van der Waals surface area contributed by atoms with Crippen LogP contribution in [0.5, 0.6) is 11.5 Å². The third-order valence-corrected chi connectivity index (χ3v) is 4.75. The molecule has 136 valence electrons. The van der Waals surface area contributed by atoms with Crippen molar-refractivity contribution in [2.24, 2.45) is 0 Å². The number of ether oxygens (including phenoxy) is 1. The molecule has 0 amide bonds. The number of hydrogen-bond acceptors (Lipinski definition) is 4. The summed E-state index contributed by atoms with van der Waals surface area (Å²) in [6.07, 6.45) is -5.36. The van der Waals surface area contributed by atoms with Crippen molar-refractivity contribution in [1.29, 1.82) is 0 Å². The van der Waals surface area contributed by atoms with Crippen LogP contribution in [0.25, 0.3) is 0 Å². The minimum atomic E-state index is -6.03. The summed E-state index contributed by atoms with van der Waals surface area (Å²) in [6.45, 7) is 1.66. The zero-order valence-electron chi connectivity index (χ0n) is 12.5. The molecular formula is C15H11BrF4O4S. The minimum Gasteiger partial charge on any atom is -0.427 e. The molecule has 0 unspecified atom stereocenters. The summed E-state index contributed by atoms with van der Waals surface area (Å²) in [6, 6.07) is 9.36. The van der Waals surface area contributed by atoms with Crippen LogP contribution in [0.15, 0.2) is 53.0 Å². The summed E-state index contributed by atoms with van der Waals surface area (Å²) in [5.41, 5.74) is 0.695. The van der Waals surface area contributed by atoms with E-state index in [-0.39, 0.29) is 0 Å². The Bertz CT molecular complexity index is 837. The van der Waals surface area contributed by atoms with Crippen LogP contribution >= 0.6 is 15.9 Å². The van der Waals surface area contributed by atoms with Crippen molar-refractivity contribution < 1.29 is 34.9 Å². The van der Waals surface area contributed by atoms with Crippen molar-refractivity contribution >= 4 is 26.0 Å². The second-order valence-electron chi connectivity index (χ2n) is 4.94. The average Bonchev–Trinajstić information content (AvgIpc) is 2.51. The molecule has 0 bridgehead atoms.